The smallest absolute Gasteiger partial charge is 0.303 e. The predicted octanol–water partition coefficient (Wildman–Crippen LogP) is 2.03. The number of fused-ring (bicyclic) bond motifs is 1. The molecule has 1 aliphatic rings. The van der Waals surface area contributed by atoms with Crippen LogP contribution in [0.5, 0.6) is 0 Å². The van der Waals surface area contributed by atoms with Crippen LogP contribution in [0.25, 0.3) is 0 Å². The summed E-state index contributed by atoms with van der Waals surface area (Å²) in [6, 6.07) is 5.31. The van der Waals surface area contributed by atoms with Gasteiger partial charge in [0.05, 0.1) is 0 Å². The van der Waals surface area contributed by atoms with E-state index in [2.05, 4.69) is 0 Å². The summed E-state index contributed by atoms with van der Waals surface area (Å²) in [5, 5.41) is 8.56. The zero-order valence-electron chi connectivity index (χ0n) is 11.4. The van der Waals surface area contributed by atoms with E-state index >= 15 is 0 Å². The summed E-state index contributed by atoms with van der Waals surface area (Å²) in [6.07, 6.45) is 1.70. The number of carbonyl (C=O) groups is 3. The first kappa shape index (κ1) is 14.2. The molecule has 0 aliphatic carbocycles. The molecule has 0 spiro atoms. The Kier molecular flexibility index (Phi) is 4.17. The molecule has 1 aromatic carbocycles. The van der Waals surface area contributed by atoms with Crippen LogP contribution in [0.3, 0.4) is 0 Å². The van der Waals surface area contributed by atoms with E-state index < -0.39 is 5.97 Å². The van der Waals surface area contributed by atoms with E-state index in [1.165, 1.54) is 0 Å². The van der Waals surface area contributed by atoms with Crippen LogP contribution in [0.2, 0.25) is 0 Å². The van der Waals surface area contributed by atoms with Crippen molar-refractivity contribution in [1.29, 1.82) is 0 Å². The average molecular weight is 275 g/mol. The molecule has 106 valence electrons. The molecule has 0 fully saturated rings. The highest BCUT2D eigenvalue weighted by Gasteiger charge is 2.21. The summed E-state index contributed by atoms with van der Waals surface area (Å²) >= 11 is 0. The second-order valence-electron chi connectivity index (χ2n) is 4.97. The summed E-state index contributed by atoms with van der Waals surface area (Å²) in [6.45, 7) is 0. The van der Waals surface area contributed by atoms with Gasteiger partial charge in [-0.25, -0.2) is 0 Å². The third-order valence-electron chi connectivity index (χ3n) is 3.54. The maximum absolute atomic E-state index is 12.0. The first-order chi connectivity index (χ1) is 9.49. The molecular formula is C15H17NO4. The third-order valence-corrected chi connectivity index (χ3v) is 3.54. The van der Waals surface area contributed by atoms with Crippen LogP contribution in [0, 0.1) is 0 Å². The lowest BCUT2D eigenvalue weighted by atomic mass is 9.96. The molecule has 1 aromatic rings. The van der Waals surface area contributed by atoms with E-state index in [1.54, 1.807) is 24.1 Å². The van der Waals surface area contributed by atoms with Gasteiger partial charge in [0.25, 0.3) is 0 Å². The van der Waals surface area contributed by atoms with Crippen molar-refractivity contribution in [2.45, 2.75) is 32.1 Å². The Bertz CT molecular complexity index is 565. The fourth-order valence-electron chi connectivity index (χ4n) is 2.37. The standard InChI is InChI=1S/C15H17NO4/c1-16-12-7-5-11(9-10(12)6-8-14(16)18)13(17)3-2-4-15(19)20/h5,7,9H,2-4,6,8H2,1H3,(H,19,20). The van der Waals surface area contributed by atoms with Crippen molar-refractivity contribution in [3.8, 4) is 0 Å². The Morgan fingerprint density at radius 3 is 2.70 bits per heavy atom. The Hall–Kier alpha value is -2.17. The van der Waals surface area contributed by atoms with Crippen molar-refractivity contribution < 1.29 is 19.5 Å². The number of ketones is 1. The number of carbonyl (C=O) groups excluding carboxylic acids is 2. The number of hydrogen-bond acceptors (Lipinski definition) is 3. The number of anilines is 1. The average Bonchev–Trinajstić information content (AvgIpc) is 2.42. The Balaban J connectivity index is 2.09. The summed E-state index contributed by atoms with van der Waals surface area (Å²) in [5.74, 6) is -0.852. The molecule has 1 amide bonds. The summed E-state index contributed by atoms with van der Waals surface area (Å²) < 4.78 is 0. The Morgan fingerprint density at radius 2 is 2.00 bits per heavy atom. The first-order valence-corrected chi connectivity index (χ1v) is 6.63. The fourth-order valence-corrected chi connectivity index (χ4v) is 2.37. The lowest BCUT2D eigenvalue weighted by molar-refractivity contribution is -0.137. The van der Waals surface area contributed by atoms with E-state index in [4.69, 9.17) is 5.11 Å². The summed E-state index contributed by atoms with van der Waals surface area (Å²) in [4.78, 5) is 35.6. The highest BCUT2D eigenvalue weighted by atomic mass is 16.4. The Morgan fingerprint density at radius 1 is 1.25 bits per heavy atom. The molecule has 0 bridgehead atoms. The molecule has 0 radical (unpaired) electrons. The maximum atomic E-state index is 12.0. The van der Waals surface area contributed by atoms with Crippen molar-refractivity contribution in [1.82, 2.24) is 0 Å². The molecule has 0 unspecified atom stereocenters. The fraction of sp³-hybridized carbons (Fsp3) is 0.400. The SMILES string of the molecule is CN1C(=O)CCc2cc(C(=O)CCCC(=O)O)ccc21. The van der Waals surface area contributed by atoms with Gasteiger partial charge in [0.2, 0.25) is 5.91 Å². The summed E-state index contributed by atoms with van der Waals surface area (Å²) in [5.41, 5.74) is 2.44. The minimum atomic E-state index is -0.886. The van der Waals surface area contributed by atoms with Gasteiger partial charge < -0.3 is 10.0 Å². The number of amides is 1. The zero-order valence-corrected chi connectivity index (χ0v) is 11.4. The van der Waals surface area contributed by atoms with Crippen molar-refractivity contribution >= 4 is 23.3 Å². The number of carboxylic acid groups (broad SMARTS) is 1. The van der Waals surface area contributed by atoms with Gasteiger partial charge in [-0.2, -0.15) is 0 Å². The number of benzene rings is 1. The van der Waals surface area contributed by atoms with E-state index in [9.17, 15) is 14.4 Å². The number of aliphatic carboxylic acids is 1. The van der Waals surface area contributed by atoms with Gasteiger partial charge in [0.1, 0.15) is 0 Å². The van der Waals surface area contributed by atoms with Gasteiger partial charge in [-0.1, -0.05) is 0 Å². The van der Waals surface area contributed by atoms with Gasteiger partial charge >= 0.3 is 5.97 Å². The number of hydrogen-bond donors (Lipinski definition) is 1. The van der Waals surface area contributed by atoms with Crippen molar-refractivity contribution in [3.63, 3.8) is 0 Å². The number of nitrogens with zero attached hydrogens (tertiary/aromatic N) is 1. The van der Waals surface area contributed by atoms with E-state index in [1.807, 2.05) is 6.07 Å². The van der Waals surface area contributed by atoms with Crippen molar-refractivity contribution in [2.75, 3.05) is 11.9 Å². The van der Waals surface area contributed by atoms with Crippen LogP contribution in [-0.2, 0) is 16.0 Å². The van der Waals surface area contributed by atoms with Gasteiger partial charge in [0.15, 0.2) is 5.78 Å². The molecule has 0 saturated carbocycles. The van der Waals surface area contributed by atoms with Crippen LogP contribution < -0.4 is 4.90 Å². The Labute approximate surface area is 117 Å². The molecular weight excluding hydrogens is 258 g/mol. The summed E-state index contributed by atoms with van der Waals surface area (Å²) in [7, 11) is 1.73. The van der Waals surface area contributed by atoms with E-state index in [0.717, 1.165) is 11.3 Å². The van der Waals surface area contributed by atoms with Gasteiger partial charge in [0, 0.05) is 37.6 Å². The number of Topliss-reactive ketones (excluding diaryl/α,β-unsaturated/α-hetero) is 1. The molecule has 5 heteroatoms. The molecule has 1 N–H and O–H groups in total. The third kappa shape index (κ3) is 3.04. The number of rotatable bonds is 5. The normalized spacial score (nSPS) is 14.1. The predicted molar refractivity (Wildman–Crippen MR) is 74.0 cm³/mol. The molecule has 0 atom stereocenters. The molecule has 20 heavy (non-hydrogen) atoms. The van der Waals surface area contributed by atoms with Gasteiger partial charge in [-0.05, 0) is 36.6 Å². The van der Waals surface area contributed by atoms with Crippen molar-refractivity contribution in [2.24, 2.45) is 0 Å². The van der Waals surface area contributed by atoms with E-state index in [-0.39, 0.29) is 24.5 Å². The zero-order chi connectivity index (χ0) is 14.7. The molecule has 5 nitrogen and oxygen atoms in total. The highest BCUT2D eigenvalue weighted by Crippen LogP contribution is 2.28. The topological polar surface area (TPSA) is 74.7 Å². The second kappa shape index (κ2) is 5.86. The molecule has 1 aliphatic heterocycles. The van der Waals surface area contributed by atoms with Crippen LogP contribution in [-0.4, -0.2) is 29.8 Å². The van der Waals surface area contributed by atoms with Crippen LogP contribution >= 0.6 is 0 Å². The van der Waals surface area contributed by atoms with Crippen molar-refractivity contribution in [3.05, 3.63) is 29.3 Å². The maximum Gasteiger partial charge on any atom is 0.303 e. The molecule has 0 aromatic heterocycles. The minimum Gasteiger partial charge on any atom is -0.481 e. The highest BCUT2D eigenvalue weighted by molar-refractivity contribution is 5.99. The minimum absolute atomic E-state index is 0.00786. The van der Waals surface area contributed by atoms with Gasteiger partial charge in [-0.3, -0.25) is 14.4 Å². The quantitative estimate of drug-likeness (QED) is 0.834. The number of aryl methyl sites for hydroxylation is 1. The first-order valence-electron chi connectivity index (χ1n) is 6.63. The largest absolute Gasteiger partial charge is 0.481 e. The number of carboxylic acids is 1. The van der Waals surface area contributed by atoms with E-state index in [0.29, 0.717) is 24.8 Å². The lowest BCUT2D eigenvalue weighted by Crippen LogP contribution is -2.31. The van der Waals surface area contributed by atoms with Crippen LogP contribution in [0.4, 0.5) is 5.69 Å². The van der Waals surface area contributed by atoms with Crippen LogP contribution in [0.15, 0.2) is 18.2 Å². The van der Waals surface area contributed by atoms with Gasteiger partial charge in [-0.15, -0.1) is 0 Å². The lowest BCUT2D eigenvalue weighted by Gasteiger charge is -2.26. The molecule has 1 heterocycles. The monoisotopic (exact) mass is 275 g/mol. The second-order valence-corrected chi connectivity index (χ2v) is 4.97. The van der Waals surface area contributed by atoms with Crippen LogP contribution in [0.1, 0.15) is 41.6 Å². The molecule has 2 rings (SSSR count). The molecule has 0 saturated heterocycles.